The average molecular weight is 249 g/mol. The Labute approximate surface area is 109 Å². The molecule has 0 aromatic heterocycles. The molecule has 18 heavy (non-hydrogen) atoms. The van der Waals surface area contributed by atoms with E-state index in [1.807, 2.05) is 19.9 Å². The SMILES string of the molecule is CCCCC(C)NC(=O)c1ccc(NN)cc1C. The van der Waals surface area contributed by atoms with Gasteiger partial charge in [0, 0.05) is 17.3 Å². The highest BCUT2D eigenvalue weighted by molar-refractivity contribution is 5.96. The summed E-state index contributed by atoms with van der Waals surface area (Å²) in [5, 5.41) is 3.02. The Morgan fingerprint density at radius 2 is 2.17 bits per heavy atom. The smallest absolute Gasteiger partial charge is 0.251 e. The fraction of sp³-hybridized carbons (Fsp3) is 0.500. The summed E-state index contributed by atoms with van der Waals surface area (Å²) in [6, 6.07) is 5.68. The number of unbranched alkanes of at least 4 members (excludes halogenated alkanes) is 1. The summed E-state index contributed by atoms with van der Waals surface area (Å²) in [4.78, 5) is 12.1. The average Bonchev–Trinajstić information content (AvgIpc) is 2.35. The number of hydrazine groups is 1. The molecule has 4 N–H and O–H groups in total. The van der Waals surface area contributed by atoms with Gasteiger partial charge in [-0.1, -0.05) is 19.8 Å². The van der Waals surface area contributed by atoms with E-state index in [0.29, 0.717) is 5.56 Å². The number of carbonyl (C=O) groups is 1. The number of rotatable bonds is 6. The molecule has 0 aliphatic rings. The normalized spacial score (nSPS) is 12.0. The van der Waals surface area contributed by atoms with E-state index in [0.717, 1.165) is 30.5 Å². The highest BCUT2D eigenvalue weighted by Gasteiger charge is 2.11. The predicted molar refractivity (Wildman–Crippen MR) is 75.4 cm³/mol. The number of nitrogen functional groups attached to an aromatic ring is 1. The first-order valence-electron chi connectivity index (χ1n) is 6.46. The van der Waals surface area contributed by atoms with E-state index >= 15 is 0 Å². The van der Waals surface area contributed by atoms with Crippen LogP contribution in [0.1, 0.15) is 49.0 Å². The van der Waals surface area contributed by atoms with Crippen LogP contribution in [0.25, 0.3) is 0 Å². The molecule has 0 bridgehead atoms. The molecule has 4 nitrogen and oxygen atoms in total. The Balaban J connectivity index is 2.66. The molecule has 4 heteroatoms. The zero-order chi connectivity index (χ0) is 13.5. The molecule has 1 aromatic carbocycles. The minimum absolute atomic E-state index is 0.0142. The van der Waals surface area contributed by atoms with Gasteiger partial charge in [-0.2, -0.15) is 0 Å². The van der Waals surface area contributed by atoms with Crippen molar-refractivity contribution in [3.63, 3.8) is 0 Å². The monoisotopic (exact) mass is 249 g/mol. The first-order chi connectivity index (χ1) is 8.58. The van der Waals surface area contributed by atoms with Crippen LogP contribution in [0.3, 0.4) is 0 Å². The van der Waals surface area contributed by atoms with Gasteiger partial charge in [-0.15, -0.1) is 0 Å². The lowest BCUT2D eigenvalue weighted by Gasteiger charge is -2.15. The van der Waals surface area contributed by atoms with Crippen molar-refractivity contribution >= 4 is 11.6 Å². The third-order valence-corrected chi connectivity index (χ3v) is 3.01. The lowest BCUT2D eigenvalue weighted by Crippen LogP contribution is -2.32. The zero-order valence-corrected chi connectivity index (χ0v) is 11.4. The lowest BCUT2D eigenvalue weighted by atomic mass is 10.1. The molecule has 0 aliphatic heterocycles. The minimum Gasteiger partial charge on any atom is -0.350 e. The van der Waals surface area contributed by atoms with Crippen LogP contribution in [0.4, 0.5) is 5.69 Å². The topological polar surface area (TPSA) is 67.2 Å². The Kier molecular flexibility index (Phi) is 5.65. The van der Waals surface area contributed by atoms with Gasteiger partial charge >= 0.3 is 0 Å². The van der Waals surface area contributed by atoms with Crippen molar-refractivity contribution < 1.29 is 4.79 Å². The van der Waals surface area contributed by atoms with Crippen LogP contribution in [0.5, 0.6) is 0 Å². The Bertz CT molecular complexity index is 404. The summed E-state index contributed by atoms with van der Waals surface area (Å²) in [6.45, 7) is 6.10. The van der Waals surface area contributed by atoms with Crippen LogP contribution in [0, 0.1) is 6.92 Å². The van der Waals surface area contributed by atoms with Gasteiger partial charge in [0.1, 0.15) is 0 Å². The molecule has 1 rings (SSSR count). The molecule has 0 heterocycles. The van der Waals surface area contributed by atoms with Gasteiger partial charge in [-0.3, -0.25) is 10.6 Å². The summed E-state index contributed by atoms with van der Waals surface area (Å²) in [6.07, 6.45) is 3.30. The lowest BCUT2D eigenvalue weighted by molar-refractivity contribution is 0.0937. The molecule has 1 aromatic rings. The third-order valence-electron chi connectivity index (χ3n) is 3.01. The largest absolute Gasteiger partial charge is 0.350 e. The van der Waals surface area contributed by atoms with Crippen molar-refractivity contribution in [3.8, 4) is 0 Å². The molecule has 1 atom stereocenters. The molecule has 0 spiro atoms. The predicted octanol–water partition coefficient (Wildman–Crippen LogP) is 2.59. The second kappa shape index (κ2) is 7.01. The summed E-state index contributed by atoms with van der Waals surface area (Å²) < 4.78 is 0. The Morgan fingerprint density at radius 1 is 1.44 bits per heavy atom. The maximum Gasteiger partial charge on any atom is 0.251 e. The number of hydrogen-bond donors (Lipinski definition) is 3. The van der Waals surface area contributed by atoms with Gasteiger partial charge in [0.05, 0.1) is 0 Å². The van der Waals surface area contributed by atoms with Crippen molar-refractivity contribution in [3.05, 3.63) is 29.3 Å². The molecule has 100 valence electrons. The van der Waals surface area contributed by atoms with E-state index in [9.17, 15) is 4.79 Å². The van der Waals surface area contributed by atoms with Crippen LogP contribution in [-0.4, -0.2) is 11.9 Å². The van der Waals surface area contributed by atoms with Crippen molar-refractivity contribution in [2.45, 2.75) is 46.1 Å². The molecular formula is C14H23N3O. The van der Waals surface area contributed by atoms with Gasteiger partial charge in [0.25, 0.3) is 5.91 Å². The van der Waals surface area contributed by atoms with E-state index in [4.69, 9.17) is 5.84 Å². The third kappa shape index (κ3) is 4.04. The Hall–Kier alpha value is -1.55. The fourth-order valence-electron chi connectivity index (χ4n) is 1.89. The zero-order valence-electron chi connectivity index (χ0n) is 11.4. The van der Waals surface area contributed by atoms with Gasteiger partial charge in [-0.05, 0) is 44.0 Å². The van der Waals surface area contributed by atoms with Gasteiger partial charge < -0.3 is 10.7 Å². The van der Waals surface area contributed by atoms with Crippen molar-refractivity contribution in [2.75, 3.05) is 5.43 Å². The molecule has 0 fully saturated rings. The van der Waals surface area contributed by atoms with E-state index in [-0.39, 0.29) is 11.9 Å². The molecule has 0 radical (unpaired) electrons. The van der Waals surface area contributed by atoms with E-state index in [2.05, 4.69) is 17.7 Å². The molecule has 0 saturated carbocycles. The standard InChI is InChI=1S/C14H23N3O/c1-4-5-6-11(3)16-14(18)13-8-7-12(17-15)9-10(13)2/h7-9,11,17H,4-6,15H2,1-3H3,(H,16,18). The van der Waals surface area contributed by atoms with Crippen LogP contribution < -0.4 is 16.6 Å². The van der Waals surface area contributed by atoms with Gasteiger partial charge in [-0.25, -0.2) is 0 Å². The van der Waals surface area contributed by atoms with Crippen molar-refractivity contribution in [1.29, 1.82) is 0 Å². The molecule has 0 aliphatic carbocycles. The van der Waals surface area contributed by atoms with Crippen molar-refractivity contribution in [2.24, 2.45) is 5.84 Å². The van der Waals surface area contributed by atoms with Crippen LogP contribution >= 0.6 is 0 Å². The van der Waals surface area contributed by atoms with Crippen LogP contribution in [-0.2, 0) is 0 Å². The highest BCUT2D eigenvalue weighted by atomic mass is 16.1. The van der Waals surface area contributed by atoms with Crippen LogP contribution in [0.2, 0.25) is 0 Å². The van der Waals surface area contributed by atoms with E-state index in [1.165, 1.54) is 0 Å². The number of nitrogens with one attached hydrogen (secondary N) is 2. The first-order valence-corrected chi connectivity index (χ1v) is 6.46. The maximum absolute atomic E-state index is 12.1. The number of anilines is 1. The Morgan fingerprint density at radius 3 is 2.72 bits per heavy atom. The number of amides is 1. The minimum atomic E-state index is -0.0142. The number of hydrogen-bond acceptors (Lipinski definition) is 3. The quantitative estimate of drug-likeness (QED) is 0.536. The van der Waals surface area contributed by atoms with Crippen LogP contribution in [0.15, 0.2) is 18.2 Å². The summed E-state index contributed by atoms with van der Waals surface area (Å²) >= 11 is 0. The number of nitrogens with two attached hydrogens (primary N) is 1. The highest BCUT2D eigenvalue weighted by Crippen LogP contribution is 2.14. The van der Waals surface area contributed by atoms with Gasteiger partial charge in [0.2, 0.25) is 0 Å². The molecule has 1 amide bonds. The maximum atomic E-state index is 12.1. The first kappa shape index (κ1) is 14.5. The van der Waals surface area contributed by atoms with Gasteiger partial charge in [0.15, 0.2) is 0 Å². The molecule has 1 unspecified atom stereocenters. The fourth-order valence-corrected chi connectivity index (χ4v) is 1.89. The number of aryl methyl sites for hydroxylation is 1. The molecule has 0 saturated heterocycles. The number of carbonyl (C=O) groups excluding carboxylic acids is 1. The van der Waals surface area contributed by atoms with E-state index < -0.39 is 0 Å². The summed E-state index contributed by atoms with van der Waals surface area (Å²) in [5.41, 5.74) is 5.01. The molecular weight excluding hydrogens is 226 g/mol. The van der Waals surface area contributed by atoms with Crippen molar-refractivity contribution in [1.82, 2.24) is 5.32 Å². The summed E-state index contributed by atoms with van der Waals surface area (Å²) in [5.74, 6) is 5.32. The second-order valence-electron chi connectivity index (χ2n) is 4.69. The van der Waals surface area contributed by atoms with E-state index in [1.54, 1.807) is 12.1 Å². The summed E-state index contributed by atoms with van der Waals surface area (Å²) in [7, 11) is 0. The second-order valence-corrected chi connectivity index (χ2v) is 4.69. The number of benzene rings is 1.